The molecule has 0 saturated carbocycles. The van der Waals surface area contributed by atoms with E-state index in [0.717, 1.165) is 16.4 Å². The van der Waals surface area contributed by atoms with Gasteiger partial charge in [0.05, 0.1) is 29.4 Å². The minimum atomic E-state index is -0.341. The molecule has 1 N–H and O–H groups in total. The van der Waals surface area contributed by atoms with Gasteiger partial charge in [-0.05, 0) is 25.1 Å². The first-order valence-corrected chi connectivity index (χ1v) is 6.11. The molecule has 0 amide bonds. The van der Waals surface area contributed by atoms with Crippen LogP contribution in [-0.4, -0.2) is 22.1 Å². The standard InChI is InChI=1S/C15H13NO3/c1-2-19-15(18)14-11-5-3-4-6-12(11)16-9-10(17)7-8-13(14)16/h3-9,17H,2H2,1H3. The lowest BCUT2D eigenvalue weighted by molar-refractivity contribution is 0.0531. The van der Waals surface area contributed by atoms with Gasteiger partial charge in [0.15, 0.2) is 0 Å². The molecule has 0 fully saturated rings. The number of rotatable bonds is 2. The van der Waals surface area contributed by atoms with Crippen molar-refractivity contribution in [3.05, 3.63) is 48.2 Å². The Labute approximate surface area is 109 Å². The third kappa shape index (κ3) is 1.73. The Bertz CT molecular complexity index is 774. The summed E-state index contributed by atoms with van der Waals surface area (Å²) in [6.45, 7) is 2.12. The molecule has 3 rings (SSSR count). The zero-order valence-electron chi connectivity index (χ0n) is 10.5. The van der Waals surface area contributed by atoms with Gasteiger partial charge < -0.3 is 14.2 Å². The van der Waals surface area contributed by atoms with Crippen LogP contribution < -0.4 is 0 Å². The van der Waals surface area contributed by atoms with E-state index in [1.54, 1.807) is 29.7 Å². The summed E-state index contributed by atoms with van der Waals surface area (Å²) in [6.07, 6.45) is 1.60. The Morgan fingerprint density at radius 3 is 2.79 bits per heavy atom. The van der Waals surface area contributed by atoms with E-state index in [0.29, 0.717) is 12.2 Å². The summed E-state index contributed by atoms with van der Waals surface area (Å²) in [7, 11) is 0. The van der Waals surface area contributed by atoms with Gasteiger partial charge in [-0.2, -0.15) is 0 Å². The van der Waals surface area contributed by atoms with Crippen molar-refractivity contribution < 1.29 is 14.6 Å². The summed E-state index contributed by atoms with van der Waals surface area (Å²) < 4.78 is 6.92. The monoisotopic (exact) mass is 255 g/mol. The second-order valence-electron chi connectivity index (χ2n) is 4.26. The fourth-order valence-corrected chi connectivity index (χ4v) is 2.34. The molecule has 0 saturated heterocycles. The number of esters is 1. The summed E-state index contributed by atoms with van der Waals surface area (Å²) in [4.78, 5) is 12.1. The van der Waals surface area contributed by atoms with Crippen molar-refractivity contribution in [1.29, 1.82) is 0 Å². The summed E-state index contributed by atoms with van der Waals surface area (Å²) in [6, 6.07) is 10.9. The van der Waals surface area contributed by atoms with Crippen LogP contribution in [0.25, 0.3) is 16.4 Å². The zero-order chi connectivity index (χ0) is 13.4. The number of aromatic nitrogens is 1. The molecule has 4 heteroatoms. The fourth-order valence-electron chi connectivity index (χ4n) is 2.34. The number of pyridine rings is 1. The number of carbonyl (C=O) groups is 1. The van der Waals surface area contributed by atoms with Gasteiger partial charge in [0.1, 0.15) is 5.75 Å². The highest BCUT2D eigenvalue weighted by Gasteiger charge is 2.18. The molecule has 0 spiro atoms. The van der Waals surface area contributed by atoms with Gasteiger partial charge in [-0.15, -0.1) is 0 Å². The molecule has 1 aromatic carbocycles. The number of hydrogen-bond acceptors (Lipinski definition) is 3. The van der Waals surface area contributed by atoms with E-state index in [1.165, 1.54) is 0 Å². The van der Waals surface area contributed by atoms with Crippen LogP contribution in [0.5, 0.6) is 5.75 Å². The van der Waals surface area contributed by atoms with Crippen molar-refractivity contribution in [2.24, 2.45) is 0 Å². The van der Waals surface area contributed by atoms with E-state index in [-0.39, 0.29) is 11.7 Å². The van der Waals surface area contributed by atoms with Crippen LogP contribution in [0.3, 0.4) is 0 Å². The van der Waals surface area contributed by atoms with Crippen molar-refractivity contribution in [2.75, 3.05) is 6.61 Å². The number of para-hydroxylation sites is 1. The molecule has 2 heterocycles. The first kappa shape index (κ1) is 11.6. The van der Waals surface area contributed by atoms with Gasteiger partial charge in [0, 0.05) is 5.39 Å². The number of nitrogens with zero attached hydrogens (tertiary/aromatic N) is 1. The SMILES string of the molecule is CCOC(=O)c1c2ccccc2n2cc(O)ccc12. The van der Waals surface area contributed by atoms with E-state index in [2.05, 4.69) is 0 Å². The number of ether oxygens (including phenoxy) is 1. The zero-order valence-corrected chi connectivity index (χ0v) is 10.5. The van der Waals surface area contributed by atoms with Gasteiger partial charge in [-0.3, -0.25) is 0 Å². The largest absolute Gasteiger partial charge is 0.506 e. The van der Waals surface area contributed by atoms with Crippen LogP contribution in [-0.2, 0) is 4.74 Å². The van der Waals surface area contributed by atoms with Crippen molar-refractivity contribution in [1.82, 2.24) is 4.40 Å². The van der Waals surface area contributed by atoms with E-state index in [4.69, 9.17) is 4.74 Å². The summed E-state index contributed by atoms with van der Waals surface area (Å²) in [5.74, 6) is -0.185. The topological polar surface area (TPSA) is 50.9 Å². The predicted octanol–water partition coefficient (Wildman–Crippen LogP) is 2.97. The van der Waals surface area contributed by atoms with E-state index in [1.807, 2.05) is 24.3 Å². The highest BCUT2D eigenvalue weighted by atomic mass is 16.5. The molecule has 0 aliphatic heterocycles. The van der Waals surface area contributed by atoms with Crippen molar-refractivity contribution in [3.63, 3.8) is 0 Å². The molecule has 19 heavy (non-hydrogen) atoms. The normalized spacial score (nSPS) is 11.0. The Hall–Kier alpha value is -2.49. The number of aromatic hydroxyl groups is 1. The number of fused-ring (bicyclic) bond motifs is 3. The number of benzene rings is 1. The van der Waals surface area contributed by atoms with Crippen LogP contribution in [0.15, 0.2) is 42.6 Å². The van der Waals surface area contributed by atoms with Gasteiger partial charge in [0.2, 0.25) is 0 Å². The predicted molar refractivity (Wildman–Crippen MR) is 72.5 cm³/mol. The molecule has 96 valence electrons. The molecule has 4 nitrogen and oxygen atoms in total. The first-order valence-electron chi connectivity index (χ1n) is 6.11. The van der Waals surface area contributed by atoms with Crippen molar-refractivity contribution in [2.45, 2.75) is 6.92 Å². The van der Waals surface area contributed by atoms with Crippen LogP contribution in [0.4, 0.5) is 0 Å². The maximum atomic E-state index is 12.1. The van der Waals surface area contributed by atoms with Gasteiger partial charge in [-0.25, -0.2) is 4.79 Å². The van der Waals surface area contributed by atoms with E-state index >= 15 is 0 Å². The van der Waals surface area contributed by atoms with Crippen molar-refractivity contribution >= 4 is 22.4 Å². The molecule has 0 aliphatic carbocycles. The van der Waals surface area contributed by atoms with Gasteiger partial charge >= 0.3 is 5.97 Å². The quantitative estimate of drug-likeness (QED) is 0.716. The minimum absolute atomic E-state index is 0.156. The lowest BCUT2D eigenvalue weighted by Crippen LogP contribution is -2.04. The average Bonchev–Trinajstić information content (AvgIpc) is 2.73. The Morgan fingerprint density at radius 1 is 1.21 bits per heavy atom. The first-order chi connectivity index (χ1) is 9.22. The molecular weight excluding hydrogens is 242 g/mol. The van der Waals surface area contributed by atoms with E-state index in [9.17, 15) is 9.90 Å². The Morgan fingerprint density at radius 2 is 2.00 bits per heavy atom. The Kier molecular flexibility index (Phi) is 2.63. The summed E-state index contributed by atoms with van der Waals surface area (Å²) in [5.41, 5.74) is 2.14. The lowest BCUT2D eigenvalue weighted by atomic mass is 10.1. The molecule has 0 atom stereocenters. The third-order valence-corrected chi connectivity index (χ3v) is 3.10. The molecule has 0 bridgehead atoms. The van der Waals surface area contributed by atoms with Crippen LogP contribution in [0.1, 0.15) is 17.3 Å². The smallest absolute Gasteiger partial charge is 0.340 e. The van der Waals surface area contributed by atoms with Crippen LogP contribution in [0.2, 0.25) is 0 Å². The molecule has 2 aromatic heterocycles. The molecule has 3 aromatic rings. The highest BCUT2D eigenvalue weighted by molar-refractivity contribution is 6.11. The molecule has 0 radical (unpaired) electrons. The van der Waals surface area contributed by atoms with Gasteiger partial charge in [-0.1, -0.05) is 18.2 Å². The maximum absolute atomic E-state index is 12.1. The summed E-state index contributed by atoms with van der Waals surface area (Å²) >= 11 is 0. The van der Waals surface area contributed by atoms with Crippen LogP contribution >= 0.6 is 0 Å². The second-order valence-corrected chi connectivity index (χ2v) is 4.26. The second kappa shape index (κ2) is 4.31. The molecule has 0 aliphatic rings. The highest BCUT2D eigenvalue weighted by Crippen LogP contribution is 2.28. The van der Waals surface area contributed by atoms with Gasteiger partial charge in [0.25, 0.3) is 0 Å². The van der Waals surface area contributed by atoms with E-state index < -0.39 is 0 Å². The molecule has 0 unspecified atom stereocenters. The molecular formula is C15H13NO3. The Balaban J connectivity index is 2.42. The third-order valence-electron chi connectivity index (χ3n) is 3.10. The number of carbonyl (C=O) groups excluding carboxylic acids is 1. The average molecular weight is 255 g/mol. The maximum Gasteiger partial charge on any atom is 0.340 e. The number of hydrogen-bond donors (Lipinski definition) is 1. The van der Waals surface area contributed by atoms with Crippen molar-refractivity contribution in [3.8, 4) is 5.75 Å². The minimum Gasteiger partial charge on any atom is -0.506 e. The lowest BCUT2D eigenvalue weighted by Gasteiger charge is -2.01. The van der Waals surface area contributed by atoms with Crippen LogP contribution in [0, 0.1) is 0 Å². The fraction of sp³-hybridized carbons (Fsp3) is 0.133. The summed E-state index contributed by atoms with van der Waals surface area (Å²) in [5, 5.41) is 10.4.